The Labute approximate surface area is 407 Å². The molecule has 9 aromatic carbocycles. The fourth-order valence-corrected chi connectivity index (χ4v) is 14.0. The van der Waals surface area contributed by atoms with Gasteiger partial charge in [-0.05, 0) is 124 Å². The maximum atomic E-state index is 2.80. The molecular formula is C65H54BN3. The molecule has 4 heteroatoms. The third kappa shape index (κ3) is 5.52. The van der Waals surface area contributed by atoms with E-state index in [9.17, 15) is 0 Å². The van der Waals surface area contributed by atoms with Crippen LogP contribution in [0, 0.1) is 0 Å². The molecule has 5 aliphatic rings. The molecule has 4 aliphatic heterocycles. The molecule has 69 heavy (non-hydrogen) atoms. The van der Waals surface area contributed by atoms with Gasteiger partial charge in [-0.3, -0.25) is 0 Å². The van der Waals surface area contributed by atoms with Gasteiger partial charge < -0.3 is 14.7 Å². The standard InChI is InChI=1S/C65H54BN3/c1-63(2)50-30-20-34-56-60(50)66-61-51(63)31-21-35-57(61)68(54-33-17-15-29-49(54)45-26-12-7-13-27-45)59-42-47(41-58(62(59)66)67(56)53-32-16-14-28-48(53)44-24-10-6-11-25-44)69-55-37-36-46(43-22-8-5-9-23-43)40-52(55)64(3)38-18-19-39-65(64,69)4/h5-17,20-37,40-42H,18-19,38-39H2,1-4H3. The van der Waals surface area contributed by atoms with Crippen LogP contribution in [0.25, 0.3) is 33.4 Å². The topological polar surface area (TPSA) is 9.72 Å². The highest BCUT2D eigenvalue weighted by molar-refractivity contribution is 7.01. The van der Waals surface area contributed by atoms with E-state index in [1.54, 1.807) is 0 Å². The Hall–Kier alpha value is -7.56. The molecule has 0 radical (unpaired) electrons. The number of hydrogen-bond donors (Lipinski definition) is 0. The average Bonchev–Trinajstić information content (AvgIpc) is 3.61. The lowest BCUT2D eigenvalue weighted by molar-refractivity contribution is 0.195. The van der Waals surface area contributed by atoms with Crippen molar-refractivity contribution in [1.82, 2.24) is 0 Å². The van der Waals surface area contributed by atoms with Crippen molar-refractivity contribution in [2.24, 2.45) is 0 Å². The van der Waals surface area contributed by atoms with E-state index in [0.717, 1.165) is 12.8 Å². The third-order valence-electron chi connectivity index (χ3n) is 17.4. The lowest BCUT2D eigenvalue weighted by atomic mass is 9.28. The van der Waals surface area contributed by atoms with Crippen molar-refractivity contribution < 1.29 is 0 Å². The van der Waals surface area contributed by atoms with Gasteiger partial charge in [0.2, 0.25) is 0 Å². The number of para-hydroxylation sites is 2. The summed E-state index contributed by atoms with van der Waals surface area (Å²) >= 11 is 0. The predicted octanol–water partition coefficient (Wildman–Crippen LogP) is 15.2. The predicted molar refractivity (Wildman–Crippen MR) is 292 cm³/mol. The van der Waals surface area contributed by atoms with Crippen LogP contribution in [0.1, 0.15) is 70.1 Å². The Balaban J connectivity index is 1.12. The van der Waals surface area contributed by atoms with E-state index in [1.807, 2.05) is 0 Å². The van der Waals surface area contributed by atoms with Gasteiger partial charge in [0.15, 0.2) is 0 Å². The highest BCUT2D eigenvalue weighted by Gasteiger charge is 2.59. The van der Waals surface area contributed by atoms with E-state index in [0.29, 0.717) is 0 Å². The summed E-state index contributed by atoms with van der Waals surface area (Å²) in [5.41, 5.74) is 25.4. The first-order valence-electron chi connectivity index (χ1n) is 25.1. The molecule has 4 heterocycles. The van der Waals surface area contributed by atoms with Gasteiger partial charge in [-0.1, -0.05) is 191 Å². The van der Waals surface area contributed by atoms with E-state index >= 15 is 0 Å². The molecule has 3 nitrogen and oxygen atoms in total. The van der Waals surface area contributed by atoms with E-state index in [4.69, 9.17) is 0 Å². The highest BCUT2D eigenvalue weighted by Crippen LogP contribution is 2.63. The molecular weight excluding hydrogens is 834 g/mol. The van der Waals surface area contributed by atoms with Crippen molar-refractivity contribution in [3.05, 3.63) is 223 Å². The third-order valence-corrected chi connectivity index (χ3v) is 17.4. The van der Waals surface area contributed by atoms with Crippen LogP contribution in [0.4, 0.5) is 45.5 Å². The van der Waals surface area contributed by atoms with E-state index in [2.05, 4.69) is 249 Å². The molecule has 0 spiro atoms. The number of benzene rings is 9. The molecule has 332 valence electrons. The molecule has 14 rings (SSSR count). The van der Waals surface area contributed by atoms with Crippen LogP contribution in [0.5, 0.6) is 0 Å². The fraction of sp³-hybridized carbons (Fsp3) is 0.169. The fourth-order valence-electron chi connectivity index (χ4n) is 14.0. The molecule has 1 fully saturated rings. The first-order valence-corrected chi connectivity index (χ1v) is 25.1. The first-order chi connectivity index (χ1) is 33.8. The van der Waals surface area contributed by atoms with Crippen molar-refractivity contribution in [1.29, 1.82) is 0 Å². The van der Waals surface area contributed by atoms with Crippen LogP contribution in [0.3, 0.4) is 0 Å². The number of fused-ring (bicyclic) bond motifs is 3. The quantitative estimate of drug-likeness (QED) is 0.154. The first kappa shape index (κ1) is 40.5. The SMILES string of the molecule is CC1(C)c2cccc3c2B2c4c(cc(N5c6ccc(-c7ccccc7)cc6C6(C)CCCCC56C)cc4N(c4ccccc4-c4ccccc4)c4cccc1c42)N3c1ccccc1-c1ccccc1. The van der Waals surface area contributed by atoms with Gasteiger partial charge in [0, 0.05) is 56.1 Å². The zero-order chi connectivity index (χ0) is 46.2. The Morgan fingerprint density at radius 1 is 0.362 bits per heavy atom. The van der Waals surface area contributed by atoms with Gasteiger partial charge in [0.05, 0.1) is 16.9 Å². The van der Waals surface area contributed by atoms with Gasteiger partial charge in [-0.2, -0.15) is 0 Å². The lowest BCUT2D eigenvalue weighted by Crippen LogP contribution is -2.67. The van der Waals surface area contributed by atoms with Gasteiger partial charge in [-0.15, -0.1) is 0 Å². The second-order valence-electron chi connectivity index (χ2n) is 21.1. The minimum Gasteiger partial charge on any atom is -0.334 e. The monoisotopic (exact) mass is 887 g/mol. The summed E-state index contributed by atoms with van der Waals surface area (Å²) in [5, 5.41) is 0. The summed E-state index contributed by atoms with van der Waals surface area (Å²) < 4.78 is 0. The van der Waals surface area contributed by atoms with Crippen LogP contribution in [0.2, 0.25) is 0 Å². The van der Waals surface area contributed by atoms with Gasteiger partial charge in [0.1, 0.15) is 0 Å². The second-order valence-corrected chi connectivity index (χ2v) is 21.1. The van der Waals surface area contributed by atoms with Crippen molar-refractivity contribution in [2.45, 2.75) is 69.7 Å². The summed E-state index contributed by atoms with van der Waals surface area (Å²) in [5.74, 6) is 0. The van der Waals surface area contributed by atoms with Crippen molar-refractivity contribution in [3.8, 4) is 33.4 Å². The van der Waals surface area contributed by atoms with Gasteiger partial charge >= 0.3 is 0 Å². The maximum absolute atomic E-state index is 2.80. The Bertz CT molecular complexity index is 3380. The van der Waals surface area contributed by atoms with Crippen molar-refractivity contribution in [3.63, 3.8) is 0 Å². The molecule has 0 aromatic heterocycles. The van der Waals surface area contributed by atoms with E-state index in [1.165, 1.54) is 125 Å². The highest BCUT2D eigenvalue weighted by atomic mass is 15.3. The minimum absolute atomic E-state index is 0.0459. The summed E-state index contributed by atoms with van der Waals surface area (Å²) in [4.78, 5) is 8.12. The Morgan fingerprint density at radius 3 is 1.39 bits per heavy atom. The number of nitrogens with zero attached hydrogens (tertiary/aromatic N) is 3. The molecule has 0 N–H and O–H groups in total. The number of hydrogen-bond acceptors (Lipinski definition) is 3. The smallest absolute Gasteiger partial charge is 0.252 e. The molecule has 2 unspecified atom stereocenters. The molecule has 9 aromatic rings. The summed E-state index contributed by atoms with van der Waals surface area (Å²) in [6.07, 6.45) is 4.70. The summed E-state index contributed by atoms with van der Waals surface area (Å²) in [6, 6.07) is 78.0. The summed E-state index contributed by atoms with van der Waals surface area (Å²) in [7, 11) is 0. The molecule has 0 saturated heterocycles. The average molecular weight is 888 g/mol. The maximum Gasteiger partial charge on any atom is 0.252 e. The Morgan fingerprint density at radius 2 is 0.841 bits per heavy atom. The van der Waals surface area contributed by atoms with E-state index < -0.39 is 0 Å². The van der Waals surface area contributed by atoms with Gasteiger partial charge in [0.25, 0.3) is 6.71 Å². The Kier molecular flexibility index (Phi) is 8.64. The van der Waals surface area contributed by atoms with E-state index in [-0.39, 0.29) is 23.1 Å². The minimum atomic E-state index is -0.241. The number of rotatable bonds is 6. The van der Waals surface area contributed by atoms with Gasteiger partial charge in [-0.25, -0.2) is 0 Å². The molecule has 0 bridgehead atoms. The van der Waals surface area contributed by atoms with Crippen LogP contribution >= 0.6 is 0 Å². The van der Waals surface area contributed by atoms with Crippen LogP contribution in [0.15, 0.2) is 206 Å². The summed E-state index contributed by atoms with van der Waals surface area (Å²) in [6.45, 7) is 10.1. The largest absolute Gasteiger partial charge is 0.334 e. The zero-order valence-corrected chi connectivity index (χ0v) is 39.9. The molecule has 2 atom stereocenters. The molecule has 1 saturated carbocycles. The molecule has 1 aliphatic carbocycles. The van der Waals surface area contributed by atoms with Crippen LogP contribution in [-0.2, 0) is 10.8 Å². The van der Waals surface area contributed by atoms with Crippen LogP contribution in [-0.4, -0.2) is 12.3 Å². The second kappa shape index (κ2) is 14.7. The van der Waals surface area contributed by atoms with Crippen molar-refractivity contribution >= 4 is 68.6 Å². The normalized spacial score (nSPS) is 19.8. The lowest BCUT2D eigenvalue weighted by Gasteiger charge is -2.52. The van der Waals surface area contributed by atoms with Crippen molar-refractivity contribution in [2.75, 3.05) is 14.7 Å². The number of anilines is 8. The molecule has 0 amide bonds. The zero-order valence-electron chi connectivity index (χ0n) is 39.9. The van der Waals surface area contributed by atoms with Crippen LogP contribution < -0.4 is 31.1 Å².